The predicted octanol–water partition coefficient (Wildman–Crippen LogP) is 1.49. The minimum atomic E-state index is 0.676. The molecule has 3 nitrogen and oxygen atoms in total. The number of aryl methyl sites for hydroxylation is 1. The van der Waals surface area contributed by atoms with Gasteiger partial charge in [-0.1, -0.05) is 13.8 Å². The number of aromatic nitrogens is 2. The van der Waals surface area contributed by atoms with Gasteiger partial charge in [0.2, 0.25) is 0 Å². The first-order valence-electron chi connectivity index (χ1n) is 3.91. The minimum Gasteiger partial charge on any atom is -0.382 e. The lowest BCUT2D eigenvalue weighted by molar-refractivity contribution is 0.689. The Hall–Kier alpha value is -0.990. The molecule has 62 valence electrons. The molecular weight excluding hydrogens is 138 g/mol. The van der Waals surface area contributed by atoms with Gasteiger partial charge in [0.1, 0.15) is 0 Å². The van der Waals surface area contributed by atoms with Gasteiger partial charge in [0.05, 0.1) is 11.9 Å². The van der Waals surface area contributed by atoms with Crippen molar-refractivity contribution < 1.29 is 0 Å². The third-order valence-electron chi connectivity index (χ3n) is 1.42. The first kappa shape index (κ1) is 8.11. The lowest BCUT2D eigenvalue weighted by Crippen LogP contribution is -2.06. The van der Waals surface area contributed by atoms with Crippen LogP contribution in [0.1, 0.15) is 13.8 Å². The van der Waals surface area contributed by atoms with E-state index in [4.69, 9.17) is 0 Å². The van der Waals surface area contributed by atoms with Crippen LogP contribution in [0.5, 0.6) is 0 Å². The van der Waals surface area contributed by atoms with Crippen molar-refractivity contribution in [2.45, 2.75) is 13.8 Å². The molecule has 0 spiro atoms. The summed E-state index contributed by atoms with van der Waals surface area (Å²) in [4.78, 5) is 0. The maximum Gasteiger partial charge on any atom is 0.0726 e. The molecule has 0 aliphatic heterocycles. The van der Waals surface area contributed by atoms with Crippen molar-refractivity contribution in [3.05, 3.63) is 12.4 Å². The van der Waals surface area contributed by atoms with Crippen molar-refractivity contribution in [3.8, 4) is 0 Å². The molecule has 1 N–H and O–H groups in total. The normalized spacial score (nSPS) is 10.5. The van der Waals surface area contributed by atoms with Gasteiger partial charge >= 0.3 is 0 Å². The highest BCUT2D eigenvalue weighted by atomic mass is 15.3. The SMILES string of the molecule is CC(C)CNc1cnn(C)c1. The Morgan fingerprint density at radius 2 is 2.36 bits per heavy atom. The third-order valence-corrected chi connectivity index (χ3v) is 1.42. The van der Waals surface area contributed by atoms with Gasteiger partial charge in [0, 0.05) is 19.8 Å². The van der Waals surface area contributed by atoms with Crippen molar-refractivity contribution in [1.82, 2.24) is 9.78 Å². The van der Waals surface area contributed by atoms with Gasteiger partial charge in [-0.05, 0) is 5.92 Å². The fourth-order valence-corrected chi connectivity index (χ4v) is 0.834. The fourth-order valence-electron chi connectivity index (χ4n) is 0.834. The zero-order valence-electron chi connectivity index (χ0n) is 7.33. The Labute approximate surface area is 67.4 Å². The topological polar surface area (TPSA) is 29.9 Å². The lowest BCUT2D eigenvalue weighted by atomic mass is 10.2. The van der Waals surface area contributed by atoms with E-state index in [1.807, 2.05) is 19.4 Å². The number of rotatable bonds is 3. The number of hydrogen-bond acceptors (Lipinski definition) is 2. The molecule has 1 heterocycles. The van der Waals surface area contributed by atoms with E-state index in [9.17, 15) is 0 Å². The number of nitrogens with one attached hydrogen (secondary N) is 1. The molecule has 0 amide bonds. The Kier molecular flexibility index (Phi) is 2.52. The van der Waals surface area contributed by atoms with Crippen LogP contribution in [0.4, 0.5) is 5.69 Å². The maximum atomic E-state index is 4.05. The highest BCUT2D eigenvalue weighted by Gasteiger charge is 1.95. The van der Waals surface area contributed by atoms with Gasteiger partial charge in [-0.25, -0.2) is 0 Å². The highest BCUT2D eigenvalue weighted by Crippen LogP contribution is 2.04. The molecule has 0 saturated carbocycles. The van der Waals surface area contributed by atoms with E-state index in [2.05, 4.69) is 24.3 Å². The van der Waals surface area contributed by atoms with Gasteiger partial charge in [-0.15, -0.1) is 0 Å². The average molecular weight is 153 g/mol. The molecule has 0 radical (unpaired) electrons. The molecule has 0 aliphatic rings. The molecule has 11 heavy (non-hydrogen) atoms. The summed E-state index contributed by atoms with van der Waals surface area (Å²) in [7, 11) is 1.92. The minimum absolute atomic E-state index is 0.676. The lowest BCUT2D eigenvalue weighted by Gasteiger charge is -2.04. The average Bonchev–Trinajstić information content (AvgIpc) is 2.31. The molecule has 0 fully saturated rings. The van der Waals surface area contributed by atoms with E-state index in [1.165, 1.54) is 0 Å². The van der Waals surface area contributed by atoms with Crippen LogP contribution in [-0.4, -0.2) is 16.3 Å². The van der Waals surface area contributed by atoms with Crippen LogP contribution in [0.15, 0.2) is 12.4 Å². The fraction of sp³-hybridized carbons (Fsp3) is 0.625. The monoisotopic (exact) mass is 153 g/mol. The maximum absolute atomic E-state index is 4.05. The molecule has 0 aromatic carbocycles. The number of nitrogens with zero attached hydrogens (tertiary/aromatic N) is 2. The second-order valence-corrected chi connectivity index (χ2v) is 3.18. The summed E-state index contributed by atoms with van der Waals surface area (Å²) < 4.78 is 1.79. The van der Waals surface area contributed by atoms with Crippen molar-refractivity contribution >= 4 is 5.69 Å². The number of hydrogen-bond donors (Lipinski definition) is 1. The molecule has 1 aromatic rings. The van der Waals surface area contributed by atoms with E-state index in [0.717, 1.165) is 12.2 Å². The Morgan fingerprint density at radius 3 is 2.82 bits per heavy atom. The summed E-state index contributed by atoms with van der Waals surface area (Å²) in [5, 5.41) is 7.33. The summed E-state index contributed by atoms with van der Waals surface area (Å²) in [5.74, 6) is 0.676. The molecule has 0 unspecified atom stereocenters. The standard InChI is InChI=1S/C8H15N3/c1-7(2)4-9-8-5-10-11(3)6-8/h5-7,9H,4H2,1-3H3. The summed E-state index contributed by atoms with van der Waals surface area (Å²) in [6, 6.07) is 0. The zero-order valence-corrected chi connectivity index (χ0v) is 7.33. The van der Waals surface area contributed by atoms with Crippen LogP contribution in [0.3, 0.4) is 0 Å². The first-order chi connectivity index (χ1) is 5.18. The quantitative estimate of drug-likeness (QED) is 0.713. The summed E-state index contributed by atoms with van der Waals surface area (Å²) in [5.41, 5.74) is 1.10. The van der Waals surface area contributed by atoms with E-state index in [0.29, 0.717) is 5.92 Å². The Balaban J connectivity index is 2.39. The van der Waals surface area contributed by atoms with Crippen LogP contribution in [0.25, 0.3) is 0 Å². The van der Waals surface area contributed by atoms with E-state index < -0.39 is 0 Å². The highest BCUT2D eigenvalue weighted by molar-refractivity contribution is 5.37. The number of anilines is 1. The van der Waals surface area contributed by atoms with Crippen LogP contribution in [0.2, 0.25) is 0 Å². The second-order valence-electron chi connectivity index (χ2n) is 3.18. The molecule has 0 atom stereocenters. The zero-order chi connectivity index (χ0) is 8.27. The summed E-state index contributed by atoms with van der Waals surface area (Å²) in [6.45, 7) is 5.37. The molecule has 3 heteroatoms. The smallest absolute Gasteiger partial charge is 0.0726 e. The molecule has 0 aliphatic carbocycles. The van der Waals surface area contributed by atoms with Gasteiger partial charge in [-0.3, -0.25) is 4.68 Å². The van der Waals surface area contributed by atoms with Crippen molar-refractivity contribution in [3.63, 3.8) is 0 Å². The van der Waals surface area contributed by atoms with Gasteiger partial charge in [0.15, 0.2) is 0 Å². The molecule has 1 aromatic heterocycles. The molecular formula is C8H15N3. The molecule has 1 rings (SSSR count). The molecule has 0 bridgehead atoms. The summed E-state index contributed by atoms with van der Waals surface area (Å²) >= 11 is 0. The molecule has 0 saturated heterocycles. The van der Waals surface area contributed by atoms with Crippen LogP contribution < -0.4 is 5.32 Å². The first-order valence-corrected chi connectivity index (χ1v) is 3.91. The third kappa shape index (κ3) is 2.62. The van der Waals surface area contributed by atoms with Crippen molar-refractivity contribution in [1.29, 1.82) is 0 Å². The second kappa shape index (κ2) is 3.42. The van der Waals surface area contributed by atoms with E-state index >= 15 is 0 Å². The van der Waals surface area contributed by atoms with E-state index in [-0.39, 0.29) is 0 Å². The van der Waals surface area contributed by atoms with Crippen molar-refractivity contribution in [2.24, 2.45) is 13.0 Å². The predicted molar refractivity (Wildman–Crippen MR) is 46.5 cm³/mol. The largest absolute Gasteiger partial charge is 0.382 e. The van der Waals surface area contributed by atoms with Crippen LogP contribution >= 0.6 is 0 Å². The Morgan fingerprint density at radius 1 is 1.64 bits per heavy atom. The van der Waals surface area contributed by atoms with Crippen LogP contribution in [-0.2, 0) is 7.05 Å². The summed E-state index contributed by atoms with van der Waals surface area (Å²) in [6.07, 6.45) is 3.81. The van der Waals surface area contributed by atoms with E-state index in [1.54, 1.807) is 4.68 Å². The van der Waals surface area contributed by atoms with Crippen molar-refractivity contribution in [2.75, 3.05) is 11.9 Å². The van der Waals surface area contributed by atoms with Gasteiger partial charge in [0.25, 0.3) is 0 Å². The Bertz CT molecular complexity index is 215. The van der Waals surface area contributed by atoms with Gasteiger partial charge in [-0.2, -0.15) is 5.10 Å². The van der Waals surface area contributed by atoms with Gasteiger partial charge < -0.3 is 5.32 Å². The van der Waals surface area contributed by atoms with Crippen LogP contribution in [0, 0.1) is 5.92 Å².